The van der Waals surface area contributed by atoms with Gasteiger partial charge in [0.25, 0.3) is 0 Å². The average Bonchev–Trinajstić information content (AvgIpc) is 2.21. The fourth-order valence-electron chi connectivity index (χ4n) is 0.788. The van der Waals surface area contributed by atoms with Crippen LogP contribution in [-0.4, -0.2) is 25.1 Å². The quantitative estimate of drug-likeness (QED) is 0.599. The molecule has 0 atom stereocenters. The maximum Gasteiger partial charge on any atom is 0.200 e. The molecule has 5 heteroatoms. The molecule has 0 aliphatic carbocycles. The van der Waals surface area contributed by atoms with Crippen LogP contribution in [0.3, 0.4) is 0 Å². The average molecular weight is 159 g/mol. The van der Waals surface area contributed by atoms with Crippen LogP contribution >= 0.6 is 0 Å². The summed E-state index contributed by atoms with van der Waals surface area (Å²) in [4.78, 5) is 11.7. The Bertz CT molecular complexity index is 309. The highest BCUT2D eigenvalue weighted by Gasteiger charge is 1.99. The van der Waals surface area contributed by atoms with Crippen molar-refractivity contribution in [3.05, 3.63) is 31.0 Å². The fraction of sp³-hybridized carbons (Fsp3) is 0. The zero-order valence-electron chi connectivity index (χ0n) is 6.12. The van der Waals surface area contributed by atoms with Gasteiger partial charge in [0, 0.05) is 12.4 Å². The molecule has 0 radical (unpaired) electrons. The highest BCUT2D eigenvalue weighted by Crippen LogP contribution is 2.05. The van der Waals surface area contributed by atoms with E-state index in [2.05, 4.69) is 25.1 Å². The third-order valence-electron chi connectivity index (χ3n) is 1.29. The van der Waals surface area contributed by atoms with Crippen LogP contribution in [0.25, 0.3) is 11.5 Å². The highest BCUT2D eigenvalue weighted by molar-refractivity contribution is 5.45. The molecule has 0 amide bonds. The first-order chi connectivity index (χ1) is 5.97. The molecular weight excluding hydrogens is 154 g/mol. The normalized spacial score (nSPS) is 9.67. The monoisotopic (exact) mass is 159 g/mol. The summed E-state index contributed by atoms with van der Waals surface area (Å²) in [5.74, 6) is 0.514. The molecule has 0 fully saturated rings. The Morgan fingerprint density at radius 2 is 2.00 bits per heavy atom. The van der Waals surface area contributed by atoms with Gasteiger partial charge in [-0.2, -0.15) is 5.10 Å². The second-order valence-electron chi connectivity index (χ2n) is 2.06. The van der Waals surface area contributed by atoms with E-state index in [0.717, 1.165) is 0 Å². The Labute approximate surface area is 68.6 Å². The summed E-state index contributed by atoms with van der Waals surface area (Å²) in [7, 11) is 0. The molecule has 2 aromatic rings. The Kier molecular flexibility index (Phi) is 1.69. The van der Waals surface area contributed by atoms with Crippen LogP contribution in [0.4, 0.5) is 0 Å². The Hall–Kier alpha value is -1.91. The van der Waals surface area contributed by atoms with Crippen molar-refractivity contribution in [2.45, 2.75) is 0 Å². The van der Waals surface area contributed by atoms with Gasteiger partial charge in [0.15, 0.2) is 5.82 Å². The van der Waals surface area contributed by atoms with Gasteiger partial charge < -0.3 is 0 Å². The molecule has 12 heavy (non-hydrogen) atoms. The van der Waals surface area contributed by atoms with Crippen LogP contribution in [0.2, 0.25) is 0 Å². The topological polar surface area (TPSA) is 64.5 Å². The van der Waals surface area contributed by atoms with Crippen LogP contribution in [0.5, 0.6) is 0 Å². The molecule has 0 saturated heterocycles. The van der Waals surface area contributed by atoms with Gasteiger partial charge in [-0.05, 0) is 6.07 Å². The molecular formula is C7H5N5. The van der Waals surface area contributed by atoms with Gasteiger partial charge in [0.1, 0.15) is 12.0 Å². The molecule has 0 aliphatic heterocycles. The summed E-state index contributed by atoms with van der Waals surface area (Å²) in [6, 6.07) is 1.73. The van der Waals surface area contributed by atoms with E-state index in [1.54, 1.807) is 18.5 Å². The maximum atomic E-state index is 3.99. The first kappa shape index (κ1) is 6.78. The molecule has 2 aromatic heterocycles. The summed E-state index contributed by atoms with van der Waals surface area (Å²) in [5, 5.41) is 7.49. The second-order valence-corrected chi connectivity index (χ2v) is 2.06. The van der Waals surface area contributed by atoms with Crippen molar-refractivity contribution in [1.82, 2.24) is 25.1 Å². The maximum absolute atomic E-state index is 3.99. The minimum atomic E-state index is 0.514. The third kappa shape index (κ3) is 1.24. The van der Waals surface area contributed by atoms with Gasteiger partial charge in [0.05, 0.1) is 6.20 Å². The molecule has 2 heterocycles. The van der Waals surface area contributed by atoms with Crippen molar-refractivity contribution < 1.29 is 0 Å². The lowest BCUT2D eigenvalue weighted by molar-refractivity contribution is 0.966. The van der Waals surface area contributed by atoms with Gasteiger partial charge >= 0.3 is 0 Å². The van der Waals surface area contributed by atoms with Crippen LogP contribution in [-0.2, 0) is 0 Å². The molecule has 2 rings (SSSR count). The highest BCUT2D eigenvalue weighted by atomic mass is 15.1. The van der Waals surface area contributed by atoms with Gasteiger partial charge in [-0.15, -0.1) is 5.10 Å². The van der Waals surface area contributed by atoms with Crippen molar-refractivity contribution in [2.24, 2.45) is 0 Å². The largest absolute Gasteiger partial charge is 0.245 e. The summed E-state index contributed by atoms with van der Waals surface area (Å²) < 4.78 is 0. The molecule has 0 aromatic carbocycles. The lowest BCUT2D eigenvalue weighted by Gasteiger charge is -1.93. The first-order valence-electron chi connectivity index (χ1n) is 3.37. The van der Waals surface area contributed by atoms with Crippen molar-refractivity contribution >= 4 is 0 Å². The molecule has 0 N–H and O–H groups in total. The number of nitrogens with zero attached hydrogens (tertiary/aromatic N) is 5. The summed E-state index contributed by atoms with van der Waals surface area (Å²) in [5.41, 5.74) is 0.679. The van der Waals surface area contributed by atoms with Crippen LogP contribution in [0, 0.1) is 0 Å². The zero-order valence-corrected chi connectivity index (χ0v) is 6.12. The SMILES string of the molecule is c1cc(-c2nccnn2)ncn1. The molecule has 0 bridgehead atoms. The summed E-state index contributed by atoms with van der Waals surface area (Å²) in [6.45, 7) is 0. The molecule has 58 valence electrons. The lowest BCUT2D eigenvalue weighted by atomic mass is 10.4. The number of rotatable bonds is 1. The zero-order chi connectivity index (χ0) is 8.23. The molecule has 0 saturated carbocycles. The Morgan fingerprint density at radius 3 is 2.67 bits per heavy atom. The standard InChI is InChI=1S/C7H5N5/c1-2-8-5-10-6(1)7-9-3-4-11-12-7/h1-5H. The molecule has 0 spiro atoms. The van der Waals surface area contributed by atoms with Crippen molar-refractivity contribution in [1.29, 1.82) is 0 Å². The van der Waals surface area contributed by atoms with Crippen molar-refractivity contribution in [3.63, 3.8) is 0 Å². The van der Waals surface area contributed by atoms with Gasteiger partial charge in [-0.25, -0.2) is 15.0 Å². The predicted octanol–water partition coefficient (Wildman–Crippen LogP) is 0.329. The van der Waals surface area contributed by atoms with Crippen molar-refractivity contribution in [3.8, 4) is 11.5 Å². The smallest absolute Gasteiger partial charge is 0.200 e. The Balaban J connectivity index is 2.46. The molecule has 0 aliphatic rings. The lowest BCUT2D eigenvalue weighted by Crippen LogP contribution is -1.92. The van der Waals surface area contributed by atoms with Crippen molar-refractivity contribution in [2.75, 3.05) is 0 Å². The molecule has 0 unspecified atom stereocenters. The Morgan fingerprint density at radius 1 is 1.00 bits per heavy atom. The van der Waals surface area contributed by atoms with Gasteiger partial charge in [-0.1, -0.05) is 0 Å². The predicted molar refractivity (Wildman–Crippen MR) is 40.9 cm³/mol. The first-order valence-corrected chi connectivity index (χ1v) is 3.37. The van der Waals surface area contributed by atoms with Gasteiger partial charge in [0.2, 0.25) is 0 Å². The van der Waals surface area contributed by atoms with Crippen LogP contribution in [0.15, 0.2) is 31.0 Å². The van der Waals surface area contributed by atoms with Crippen LogP contribution in [0.1, 0.15) is 0 Å². The van der Waals surface area contributed by atoms with E-state index in [1.807, 2.05) is 0 Å². The third-order valence-corrected chi connectivity index (χ3v) is 1.29. The number of hydrogen-bond acceptors (Lipinski definition) is 5. The van der Waals surface area contributed by atoms with Gasteiger partial charge in [-0.3, -0.25) is 0 Å². The van der Waals surface area contributed by atoms with E-state index >= 15 is 0 Å². The fourth-order valence-corrected chi connectivity index (χ4v) is 0.788. The van der Waals surface area contributed by atoms with E-state index in [4.69, 9.17) is 0 Å². The number of hydrogen-bond donors (Lipinski definition) is 0. The second kappa shape index (κ2) is 3.00. The molecule has 5 nitrogen and oxygen atoms in total. The van der Waals surface area contributed by atoms with E-state index in [0.29, 0.717) is 11.5 Å². The number of aromatic nitrogens is 5. The van der Waals surface area contributed by atoms with E-state index in [9.17, 15) is 0 Å². The van der Waals surface area contributed by atoms with E-state index < -0.39 is 0 Å². The minimum absolute atomic E-state index is 0.514. The minimum Gasteiger partial charge on any atom is -0.245 e. The summed E-state index contributed by atoms with van der Waals surface area (Å²) in [6.07, 6.45) is 6.18. The van der Waals surface area contributed by atoms with Crippen LogP contribution < -0.4 is 0 Å². The van der Waals surface area contributed by atoms with E-state index in [1.165, 1.54) is 12.5 Å². The summed E-state index contributed by atoms with van der Waals surface area (Å²) >= 11 is 0. The van der Waals surface area contributed by atoms with E-state index in [-0.39, 0.29) is 0 Å².